The minimum atomic E-state index is -0.290. The number of rotatable bonds is 6. The lowest BCUT2D eigenvalue weighted by Gasteiger charge is -2.29. The molecule has 6 heterocycles. The van der Waals surface area contributed by atoms with Crippen molar-refractivity contribution in [1.29, 1.82) is 0 Å². The van der Waals surface area contributed by atoms with E-state index in [0.717, 1.165) is 64.6 Å². The van der Waals surface area contributed by atoms with Gasteiger partial charge in [-0.15, -0.1) is 11.3 Å². The fraction of sp³-hybridized carbons (Fsp3) is 0.400. The Morgan fingerprint density at radius 1 is 1.31 bits per heavy atom. The summed E-state index contributed by atoms with van der Waals surface area (Å²) in [4.78, 5) is 27.0. The van der Waals surface area contributed by atoms with Crippen LogP contribution in [0.15, 0.2) is 29.2 Å². The molecule has 1 saturated heterocycles. The van der Waals surface area contributed by atoms with Gasteiger partial charge in [-0.3, -0.25) is 9.69 Å². The second-order valence-corrected chi connectivity index (χ2v) is 10.9. The van der Waals surface area contributed by atoms with E-state index in [4.69, 9.17) is 15.2 Å². The lowest BCUT2D eigenvalue weighted by molar-refractivity contribution is -0.119. The van der Waals surface area contributed by atoms with Crippen LogP contribution in [0.25, 0.3) is 37.9 Å². The van der Waals surface area contributed by atoms with Crippen molar-refractivity contribution >= 4 is 33.1 Å². The predicted molar refractivity (Wildman–Crippen MR) is 138 cm³/mol. The first-order chi connectivity index (χ1) is 17.4. The predicted octanol–water partition coefficient (Wildman–Crippen LogP) is 4.09. The highest BCUT2D eigenvalue weighted by Crippen LogP contribution is 2.42. The third-order valence-corrected chi connectivity index (χ3v) is 8.07. The maximum atomic E-state index is 11.2. The Kier molecular flexibility index (Phi) is 5.60. The number of thiophene rings is 1. The number of hydrogen-bond donors (Lipinski definition) is 2. The van der Waals surface area contributed by atoms with Gasteiger partial charge in [-0.1, -0.05) is 19.0 Å². The number of aryl methyl sites for hydroxylation is 1. The van der Waals surface area contributed by atoms with Crippen molar-refractivity contribution in [1.82, 2.24) is 34.6 Å². The average molecular weight is 505 g/mol. The molecule has 1 fully saturated rings. The van der Waals surface area contributed by atoms with Crippen molar-refractivity contribution in [3.8, 4) is 22.0 Å². The van der Waals surface area contributed by atoms with Crippen LogP contribution in [0.4, 0.5) is 0 Å². The third kappa shape index (κ3) is 3.97. The Balaban J connectivity index is 1.30. The lowest BCUT2D eigenvalue weighted by Crippen LogP contribution is -2.39. The maximum Gasteiger partial charge on any atom is 0.268 e. The van der Waals surface area contributed by atoms with Gasteiger partial charge in [-0.2, -0.15) is 10.1 Å². The molecule has 0 radical (unpaired) electrons. The zero-order valence-electron chi connectivity index (χ0n) is 20.5. The van der Waals surface area contributed by atoms with Gasteiger partial charge in [0.25, 0.3) is 5.89 Å². The number of fused-ring (bicyclic) bond motifs is 2. The topological polar surface area (TPSA) is 131 Å². The van der Waals surface area contributed by atoms with E-state index in [1.165, 1.54) is 10.3 Å². The minimum absolute atomic E-state index is 0.226. The molecule has 0 aromatic carbocycles. The van der Waals surface area contributed by atoms with Gasteiger partial charge in [-0.05, 0) is 62.0 Å². The van der Waals surface area contributed by atoms with Crippen LogP contribution in [-0.2, 0) is 4.79 Å². The van der Waals surface area contributed by atoms with Crippen LogP contribution in [-0.4, -0.2) is 60.2 Å². The molecule has 1 aliphatic rings. The summed E-state index contributed by atoms with van der Waals surface area (Å²) in [5.74, 6) is 1.54. The van der Waals surface area contributed by atoms with Crippen molar-refractivity contribution < 1.29 is 9.32 Å². The van der Waals surface area contributed by atoms with Gasteiger partial charge in [0.1, 0.15) is 6.33 Å². The van der Waals surface area contributed by atoms with E-state index in [0.29, 0.717) is 18.4 Å². The Morgan fingerprint density at radius 3 is 2.86 bits per heavy atom. The molecule has 0 atom stereocenters. The first-order valence-electron chi connectivity index (χ1n) is 12.2. The number of aromatic nitrogens is 6. The van der Waals surface area contributed by atoms with Crippen LogP contribution in [0.3, 0.4) is 0 Å². The standard InChI is InChI=1S/C25H28N8O2S/c1-13(2)20-21(16-8-14(3)24-27-12-28-33(24)10-16)29-17-9-18(36-22(17)20)25-30-23(31-35-25)15-4-6-32(7-5-15)11-19(26)34/h8-10,12-13,15,29H,4-7,11H2,1-3H3,(H2,26,34). The fourth-order valence-corrected chi connectivity index (χ4v) is 6.42. The molecule has 3 N–H and O–H groups in total. The van der Waals surface area contributed by atoms with Gasteiger partial charge in [-0.25, -0.2) is 9.50 Å². The van der Waals surface area contributed by atoms with Crippen molar-refractivity contribution in [2.75, 3.05) is 19.6 Å². The van der Waals surface area contributed by atoms with Crippen LogP contribution >= 0.6 is 11.3 Å². The Bertz CT molecular complexity index is 1570. The zero-order chi connectivity index (χ0) is 25.0. The first-order valence-corrected chi connectivity index (χ1v) is 13.0. The second-order valence-electron chi connectivity index (χ2n) is 9.84. The van der Waals surface area contributed by atoms with E-state index in [9.17, 15) is 4.79 Å². The molecule has 0 spiro atoms. The Morgan fingerprint density at radius 2 is 2.11 bits per heavy atom. The van der Waals surface area contributed by atoms with Crippen molar-refractivity contribution in [3.05, 3.63) is 41.6 Å². The number of nitrogens with two attached hydrogens (primary N) is 1. The normalized spacial score (nSPS) is 15.6. The summed E-state index contributed by atoms with van der Waals surface area (Å²) in [5.41, 5.74) is 11.8. The smallest absolute Gasteiger partial charge is 0.268 e. The molecule has 1 amide bonds. The van der Waals surface area contributed by atoms with Crippen LogP contribution in [0.1, 0.15) is 55.5 Å². The molecule has 186 valence electrons. The quantitative estimate of drug-likeness (QED) is 0.356. The summed E-state index contributed by atoms with van der Waals surface area (Å²) in [6.45, 7) is 8.39. The number of nitrogens with one attached hydrogen (secondary N) is 1. The fourth-order valence-electron chi connectivity index (χ4n) is 5.18. The van der Waals surface area contributed by atoms with E-state index < -0.39 is 0 Å². The molecule has 10 nitrogen and oxygen atoms in total. The van der Waals surface area contributed by atoms with Gasteiger partial charge >= 0.3 is 0 Å². The summed E-state index contributed by atoms with van der Waals surface area (Å²) in [5, 5.41) is 8.63. The number of primary amides is 1. The number of likely N-dealkylation sites (tertiary alicyclic amines) is 1. The van der Waals surface area contributed by atoms with Crippen molar-refractivity contribution in [2.45, 2.75) is 45.4 Å². The summed E-state index contributed by atoms with van der Waals surface area (Å²) in [6.07, 6.45) is 5.37. The molecule has 6 rings (SSSR count). The van der Waals surface area contributed by atoms with Gasteiger partial charge in [0.2, 0.25) is 5.91 Å². The molecule has 0 bridgehead atoms. The molecule has 0 saturated carbocycles. The number of pyridine rings is 1. The highest BCUT2D eigenvalue weighted by atomic mass is 32.1. The number of H-pyrrole nitrogens is 1. The zero-order valence-corrected chi connectivity index (χ0v) is 21.3. The molecule has 0 unspecified atom stereocenters. The number of carbonyl (C=O) groups is 1. The Hall–Kier alpha value is -3.57. The highest BCUT2D eigenvalue weighted by Gasteiger charge is 2.27. The number of carbonyl (C=O) groups excluding carboxylic acids is 1. The number of aromatic amines is 1. The summed E-state index contributed by atoms with van der Waals surface area (Å²) in [6, 6.07) is 4.26. The number of amides is 1. The summed E-state index contributed by atoms with van der Waals surface area (Å²) >= 11 is 1.68. The van der Waals surface area contributed by atoms with Crippen molar-refractivity contribution in [2.24, 2.45) is 5.73 Å². The molecular weight excluding hydrogens is 476 g/mol. The van der Waals surface area contributed by atoms with Gasteiger partial charge in [0, 0.05) is 17.7 Å². The lowest BCUT2D eigenvalue weighted by atomic mass is 9.96. The average Bonchev–Trinajstić information content (AvgIpc) is 3.60. The molecule has 11 heteroatoms. The molecule has 5 aromatic heterocycles. The minimum Gasteiger partial charge on any atom is -0.369 e. The highest BCUT2D eigenvalue weighted by molar-refractivity contribution is 7.22. The van der Waals surface area contributed by atoms with Crippen LogP contribution in [0.2, 0.25) is 0 Å². The van der Waals surface area contributed by atoms with E-state index in [2.05, 4.69) is 58.0 Å². The van der Waals surface area contributed by atoms with E-state index in [1.54, 1.807) is 17.7 Å². The van der Waals surface area contributed by atoms with Gasteiger partial charge in [0.05, 0.1) is 27.3 Å². The molecule has 5 aromatic rings. The van der Waals surface area contributed by atoms with Crippen LogP contribution in [0, 0.1) is 6.92 Å². The largest absolute Gasteiger partial charge is 0.369 e. The number of nitrogens with zero attached hydrogens (tertiary/aromatic N) is 6. The van der Waals surface area contributed by atoms with Crippen LogP contribution < -0.4 is 5.73 Å². The SMILES string of the molecule is Cc1cc(-c2[nH]c3cc(-c4nc(C5CCN(CC(N)=O)CC5)no4)sc3c2C(C)C)cn2ncnc12. The third-order valence-electron chi connectivity index (χ3n) is 6.92. The monoisotopic (exact) mass is 504 g/mol. The maximum absolute atomic E-state index is 11.2. The number of hydrogen-bond acceptors (Lipinski definition) is 8. The van der Waals surface area contributed by atoms with Gasteiger partial charge < -0.3 is 15.2 Å². The Labute approximate surface area is 211 Å². The van der Waals surface area contributed by atoms with Crippen LogP contribution in [0.5, 0.6) is 0 Å². The van der Waals surface area contributed by atoms with Crippen molar-refractivity contribution in [3.63, 3.8) is 0 Å². The van der Waals surface area contributed by atoms with E-state index in [1.807, 2.05) is 10.7 Å². The van der Waals surface area contributed by atoms with E-state index in [-0.39, 0.29) is 11.8 Å². The van der Waals surface area contributed by atoms with Gasteiger partial charge in [0.15, 0.2) is 11.5 Å². The summed E-state index contributed by atoms with van der Waals surface area (Å²) < 4.78 is 8.72. The molecule has 1 aliphatic heterocycles. The molecule has 0 aliphatic carbocycles. The molecule has 36 heavy (non-hydrogen) atoms. The number of piperidine rings is 1. The second kappa shape index (κ2) is 8.82. The summed E-state index contributed by atoms with van der Waals surface area (Å²) in [7, 11) is 0. The first kappa shape index (κ1) is 22.9. The van der Waals surface area contributed by atoms with E-state index >= 15 is 0 Å². The molecular formula is C25H28N8O2S.